The maximum atomic E-state index is 11.1. The Morgan fingerprint density at radius 2 is 2.00 bits per heavy atom. The third kappa shape index (κ3) is 5.94. The summed E-state index contributed by atoms with van der Waals surface area (Å²) < 4.78 is 0. The maximum Gasteiger partial charge on any atom is 0.236 e. The Morgan fingerprint density at radius 1 is 1.43 bits per heavy atom. The molecule has 84 valence electrons. The van der Waals surface area contributed by atoms with Gasteiger partial charge in [-0.2, -0.15) is 0 Å². The quantitative estimate of drug-likeness (QED) is 0.603. The van der Waals surface area contributed by atoms with Crippen LogP contribution in [0.15, 0.2) is 0 Å². The van der Waals surface area contributed by atoms with Crippen LogP contribution in [0.25, 0.3) is 0 Å². The molecule has 0 radical (unpaired) electrons. The van der Waals surface area contributed by atoms with Gasteiger partial charge in [-0.3, -0.25) is 4.79 Å². The van der Waals surface area contributed by atoms with Gasteiger partial charge in [0.05, 0.1) is 6.04 Å². The summed E-state index contributed by atoms with van der Waals surface area (Å²) in [6.45, 7) is 7.70. The zero-order chi connectivity index (χ0) is 11.1. The van der Waals surface area contributed by atoms with Gasteiger partial charge in [0.25, 0.3) is 0 Å². The van der Waals surface area contributed by atoms with E-state index in [1.807, 2.05) is 0 Å². The molecule has 0 spiro atoms. The molecule has 1 amide bonds. The van der Waals surface area contributed by atoms with Crippen LogP contribution in [-0.2, 0) is 4.79 Å². The van der Waals surface area contributed by atoms with E-state index < -0.39 is 6.04 Å². The fraction of sp³-hybridized carbons (Fsp3) is 0.900. The Bertz CT molecular complexity index is 169. The number of amides is 1. The minimum Gasteiger partial charge on any atom is -0.355 e. The lowest BCUT2D eigenvalue weighted by atomic mass is 10.3. The van der Waals surface area contributed by atoms with Crippen molar-refractivity contribution >= 4 is 5.91 Å². The van der Waals surface area contributed by atoms with E-state index in [-0.39, 0.29) is 5.91 Å². The maximum absolute atomic E-state index is 11.1. The van der Waals surface area contributed by atoms with Gasteiger partial charge in [0.15, 0.2) is 0 Å². The topological polar surface area (TPSA) is 58.4 Å². The van der Waals surface area contributed by atoms with E-state index in [1.54, 1.807) is 6.92 Å². The Balaban J connectivity index is 3.43. The highest BCUT2D eigenvalue weighted by Crippen LogP contribution is 1.94. The second-order valence-corrected chi connectivity index (χ2v) is 4.01. The van der Waals surface area contributed by atoms with Gasteiger partial charge >= 0.3 is 0 Å². The molecular formula is C10H23N3O. The summed E-state index contributed by atoms with van der Waals surface area (Å²) in [7, 11) is 2.08. The van der Waals surface area contributed by atoms with Crippen molar-refractivity contribution in [3.05, 3.63) is 0 Å². The Morgan fingerprint density at radius 3 is 2.43 bits per heavy atom. The van der Waals surface area contributed by atoms with E-state index >= 15 is 0 Å². The van der Waals surface area contributed by atoms with Crippen LogP contribution in [0.5, 0.6) is 0 Å². The average Bonchev–Trinajstić information content (AvgIpc) is 2.11. The molecule has 0 aliphatic rings. The van der Waals surface area contributed by atoms with Crippen molar-refractivity contribution in [2.45, 2.75) is 39.3 Å². The van der Waals surface area contributed by atoms with Crippen molar-refractivity contribution < 1.29 is 4.79 Å². The SMILES string of the molecule is CC(N)C(=O)NCCCN(C)C(C)C. The smallest absolute Gasteiger partial charge is 0.236 e. The van der Waals surface area contributed by atoms with Crippen LogP contribution in [0.2, 0.25) is 0 Å². The van der Waals surface area contributed by atoms with Crippen LogP contribution in [0, 0.1) is 0 Å². The summed E-state index contributed by atoms with van der Waals surface area (Å²) in [5.74, 6) is -0.0720. The molecule has 3 N–H and O–H groups in total. The minimum atomic E-state index is -0.405. The van der Waals surface area contributed by atoms with Crippen molar-refractivity contribution in [2.75, 3.05) is 20.1 Å². The van der Waals surface area contributed by atoms with Crippen LogP contribution in [0.1, 0.15) is 27.2 Å². The van der Waals surface area contributed by atoms with Crippen molar-refractivity contribution in [1.29, 1.82) is 0 Å². The van der Waals surface area contributed by atoms with Crippen LogP contribution >= 0.6 is 0 Å². The van der Waals surface area contributed by atoms with Gasteiger partial charge in [0.1, 0.15) is 0 Å². The van der Waals surface area contributed by atoms with Crippen molar-refractivity contribution in [1.82, 2.24) is 10.2 Å². The van der Waals surface area contributed by atoms with Gasteiger partial charge in [-0.15, -0.1) is 0 Å². The molecule has 4 nitrogen and oxygen atoms in total. The molecule has 0 heterocycles. The zero-order valence-electron chi connectivity index (χ0n) is 9.71. The van der Waals surface area contributed by atoms with E-state index in [2.05, 4.69) is 31.1 Å². The van der Waals surface area contributed by atoms with Gasteiger partial charge < -0.3 is 16.0 Å². The molecule has 1 unspecified atom stereocenters. The monoisotopic (exact) mass is 201 g/mol. The highest BCUT2D eigenvalue weighted by Gasteiger charge is 2.06. The molecule has 14 heavy (non-hydrogen) atoms. The van der Waals surface area contributed by atoms with Gasteiger partial charge in [0.2, 0.25) is 5.91 Å². The van der Waals surface area contributed by atoms with Gasteiger partial charge in [-0.05, 0) is 40.8 Å². The molecule has 0 aromatic heterocycles. The van der Waals surface area contributed by atoms with Crippen LogP contribution in [0.3, 0.4) is 0 Å². The summed E-state index contributed by atoms with van der Waals surface area (Å²) in [5, 5.41) is 2.79. The number of nitrogens with one attached hydrogen (secondary N) is 1. The molecule has 0 saturated carbocycles. The molecule has 0 saturated heterocycles. The summed E-state index contributed by atoms with van der Waals surface area (Å²) in [4.78, 5) is 13.3. The summed E-state index contributed by atoms with van der Waals surface area (Å²) in [5.41, 5.74) is 5.40. The largest absolute Gasteiger partial charge is 0.355 e. The van der Waals surface area contributed by atoms with E-state index in [1.165, 1.54) is 0 Å². The first-order valence-electron chi connectivity index (χ1n) is 5.18. The number of nitrogens with zero attached hydrogens (tertiary/aromatic N) is 1. The van der Waals surface area contributed by atoms with Crippen LogP contribution < -0.4 is 11.1 Å². The highest BCUT2D eigenvalue weighted by atomic mass is 16.2. The molecule has 0 aliphatic carbocycles. The predicted octanol–water partition coefficient (Wildman–Crippen LogP) is 0.180. The first-order chi connectivity index (χ1) is 6.45. The Kier molecular flexibility index (Phi) is 6.49. The average molecular weight is 201 g/mol. The third-order valence-corrected chi connectivity index (χ3v) is 2.28. The zero-order valence-corrected chi connectivity index (χ0v) is 9.71. The Hall–Kier alpha value is -0.610. The van der Waals surface area contributed by atoms with E-state index in [4.69, 9.17) is 5.73 Å². The molecule has 0 aliphatic heterocycles. The molecular weight excluding hydrogens is 178 g/mol. The lowest BCUT2D eigenvalue weighted by molar-refractivity contribution is -0.121. The first-order valence-corrected chi connectivity index (χ1v) is 5.18. The van der Waals surface area contributed by atoms with Crippen molar-refractivity contribution in [3.63, 3.8) is 0 Å². The molecule has 0 aromatic rings. The third-order valence-electron chi connectivity index (χ3n) is 2.28. The number of hydrogen-bond acceptors (Lipinski definition) is 3. The molecule has 0 fully saturated rings. The van der Waals surface area contributed by atoms with Gasteiger partial charge in [-0.1, -0.05) is 0 Å². The second kappa shape index (κ2) is 6.79. The number of nitrogens with two attached hydrogens (primary N) is 1. The number of rotatable bonds is 6. The van der Waals surface area contributed by atoms with Crippen LogP contribution in [0.4, 0.5) is 0 Å². The lowest BCUT2D eigenvalue weighted by Crippen LogP contribution is -2.39. The molecule has 1 atom stereocenters. The van der Waals surface area contributed by atoms with E-state index in [9.17, 15) is 4.79 Å². The lowest BCUT2D eigenvalue weighted by Gasteiger charge is -2.20. The van der Waals surface area contributed by atoms with E-state index in [0.29, 0.717) is 12.6 Å². The van der Waals surface area contributed by atoms with Crippen molar-refractivity contribution in [2.24, 2.45) is 5.73 Å². The van der Waals surface area contributed by atoms with Crippen LogP contribution in [-0.4, -0.2) is 43.0 Å². The standard InChI is InChI=1S/C10H23N3O/c1-8(2)13(4)7-5-6-12-10(14)9(3)11/h8-9H,5-7,11H2,1-4H3,(H,12,14). The Labute approximate surface area is 86.8 Å². The first kappa shape index (κ1) is 13.4. The number of hydrogen-bond donors (Lipinski definition) is 2. The molecule has 4 heteroatoms. The molecule has 0 aromatic carbocycles. The summed E-state index contributed by atoms with van der Waals surface area (Å²) in [6, 6.07) is 0.150. The minimum absolute atomic E-state index is 0.0720. The summed E-state index contributed by atoms with van der Waals surface area (Å²) >= 11 is 0. The fourth-order valence-electron chi connectivity index (χ4n) is 0.959. The van der Waals surface area contributed by atoms with Gasteiger partial charge in [-0.25, -0.2) is 0 Å². The predicted molar refractivity (Wildman–Crippen MR) is 59.0 cm³/mol. The van der Waals surface area contributed by atoms with Gasteiger partial charge in [0, 0.05) is 12.6 Å². The molecule has 0 bridgehead atoms. The number of carbonyl (C=O) groups excluding carboxylic acids is 1. The second-order valence-electron chi connectivity index (χ2n) is 4.01. The van der Waals surface area contributed by atoms with E-state index in [0.717, 1.165) is 13.0 Å². The normalized spacial score (nSPS) is 13.4. The van der Waals surface area contributed by atoms with Crippen molar-refractivity contribution in [3.8, 4) is 0 Å². The number of carbonyl (C=O) groups is 1. The fourth-order valence-corrected chi connectivity index (χ4v) is 0.959. The molecule has 0 rings (SSSR count). The summed E-state index contributed by atoms with van der Waals surface area (Å²) in [6.07, 6.45) is 0.965. The highest BCUT2D eigenvalue weighted by molar-refractivity contribution is 5.80.